The van der Waals surface area contributed by atoms with Gasteiger partial charge in [0.2, 0.25) is 0 Å². The minimum absolute atomic E-state index is 0.584. The molecule has 0 heterocycles. The highest BCUT2D eigenvalue weighted by Crippen LogP contribution is 2.17. The summed E-state index contributed by atoms with van der Waals surface area (Å²) in [5, 5.41) is 8.77. The number of unbranched alkanes of at least 4 members (excludes halogenated alkanes) is 3. The van der Waals surface area contributed by atoms with Crippen molar-refractivity contribution in [1.82, 2.24) is 0 Å². The van der Waals surface area contributed by atoms with E-state index in [4.69, 9.17) is 15.6 Å². The van der Waals surface area contributed by atoms with E-state index in [0.29, 0.717) is 12.2 Å². The zero-order valence-electron chi connectivity index (χ0n) is 10.8. The van der Waals surface area contributed by atoms with Crippen LogP contribution in [0.25, 0.3) is 0 Å². The van der Waals surface area contributed by atoms with Crippen molar-refractivity contribution >= 4 is 5.97 Å². The molecule has 0 aromatic heterocycles. The first-order chi connectivity index (χ1) is 8.65. The van der Waals surface area contributed by atoms with E-state index in [2.05, 4.69) is 6.92 Å². The number of ether oxygens (including phenoxy) is 1. The van der Waals surface area contributed by atoms with Crippen molar-refractivity contribution in [2.24, 2.45) is 5.73 Å². The van der Waals surface area contributed by atoms with Crippen LogP contribution >= 0.6 is 0 Å². The van der Waals surface area contributed by atoms with Gasteiger partial charge in [-0.3, -0.25) is 4.79 Å². The molecule has 1 aromatic carbocycles. The van der Waals surface area contributed by atoms with Crippen molar-refractivity contribution in [2.45, 2.75) is 38.6 Å². The van der Waals surface area contributed by atoms with Gasteiger partial charge in [0.25, 0.3) is 0 Å². The summed E-state index contributed by atoms with van der Waals surface area (Å²) in [6.45, 7) is 2.87. The predicted molar refractivity (Wildman–Crippen MR) is 70.6 cm³/mol. The molecule has 1 atom stereocenters. The Kier molecular flexibility index (Phi) is 6.22. The van der Waals surface area contributed by atoms with Gasteiger partial charge in [0.15, 0.2) is 0 Å². The summed E-state index contributed by atoms with van der Waals surface area (Å²) in [5.41, 5.74) is 6.09. The van der Waals surface area contributed by atoms with Crippen LogP contribution in [0.3, 0.4) is 0 Å². The number of nitrogens with two attached hydrogens (primary N) is 1. The second-order valence-corrected chi connectivity index (χ2v) is 4.29. The van der Waals surface area contributed by atoms with Crippen LogP contribution < -0.4 is 10.5 Å². The fraction of sp³-hybridized carbons (Fsp3) is 0.500. The maximum atomic E-state index is 10.7. The Labute approximate surface area is 108 Å². The van der Waals surface area contributed by atoms with Crippen molar-refractivity contribution in [3.63, 3.8) is 0 Å². The smallest absolute Gasteiger partial charge is 0.325 e. The zero-order chi connectivity index (χ0) is 13.4. The number of hydrogen-bond donors (Lipinski definition) is 2. The van der Waals surface area contributed by atoms with Crippen LogP contribution in [0.2, 0.25) is 0 Å². The Morgan fingerprint density at radius 2 is 1.94 bits per heavy atom. The van der Waals surface area contributed by atoms with E-state index in [-0.39, 0.29) is 0 Å². The van der Waals surface area contributed by atoms with E-state index in [9.17, 15) is 4.79 Å². The van der Waals surface area contributed by atoms with E-state index < -0.39 is 12.0 Å². The maximum absolute atomic E-state index is 10.7. The van der Waals surface area contributed by atoms with E-state index in [1.54, 1.807) is 24.3 Å². The third-order valence-electron chi connectivity index (χ3n) is 2.77. The molecule has 0 aliphatic rings. The molecule has 1 rings (SSSR count). The lowest BCUT2D eigenvalue weighted by Crippen LogP contribution is -2.20. The monoisotopic (exact) mass is 251 g/mol. The first-order valence-electron chi connectivity index (χ1n) is 6.36. The molecule has 0 fully saturated rings. The Morgan fingerprint density at radius 3 is 2.50 bits per heavy atom. The topological polar surface area (TPSA) is 72.5 Å². The van der Waals surface area contributed by atoms with Crippen molar-refractivity contribution in [1.29, 1.82) is 0 Å². The first kappa shape index (κ1) is 14.5. The van der Waals surface area contributed by atoms with Gasteiger partial charge in [-0.1, -0.05) is 38.3 Å². The number of carboxylic acid groups (broad SMARTS) is 1. The van der Waals surface area contributed by atoms with Gasteiger partial charge < -0.3 is 15.6 Å². The number of carbonyl (C=O) groups is 1. The summed E-state index contributed by atoms with van der Waals surface area (Å²) in [6, 6.07) is 5.94. The number of rotatable bonds is 8. The van der Waals surface area contributed by atoms with Crippen molar-refractivity contribution in [3.8, 4) is 5.75 Å². The van der Waals surface area contributed by atoms with Gasteiger partial charge in [-0.05, 0) is 24.1 Å². The fourth-order valence-corrected chi connectivity index (χ4v) is 1.63. The lowest BCUT2D eigenvalue weighted by molar-refractivity contribution is -0.138. The van der Waals surface area contributed by atoms with Gasteiger partial charge in [0, 0.05) is 0 Å². The summed E-state index contributed by atoms with van der Waals surface area (Å²) < 4.78 is 5.56. The summed E-state index contributed by atoms with van der Waals surface area (Å²) in [6.07, 6.45) is 4.67. The molecule has 18 heavy (non-hydrogen) atoms. The molecule has 0 saturated heterocycles. The molecular weight excluding hydrogens is 230 g/mol. The molecule has 0 unspecified atom stereocenters. The number of carboxylic acids is 1. The molecule has 0 aliphatic heterocycles. The van der Waals surface area contributed by atoms with Gasteiger partial charge in [0.05, 0.1) is 6.61 Å². The minimum atomic E-state index is -1.02. The molecule has 4 heteroatoms. The summed E-state index contributed by atoms with van der Waals surface area (Å²) >= 11 is 0. The van der Waals surface area contributed by atoms with Crippen LogP contribution in [-0.4, -0.2) is 17.7 Å². The van der Waals surface area contributed by atoms with Gasteiger partial charge in [-0.25, -0.2) is 0 Å². The highest BCUT2D eigenvalue weighted by Gasteiger charge is 2.13. The largest absolute Gasteiger partial charge is 0.494 e. The second kappa shape index (κ2) is 7.71. The standard InChI is InChI=1S/C14H21NO3/c1-2-3-4-5-10-18-12-8-6-11(7-9-12)13(15)14(16)17/h6-9,13H,2-5,10,15H2,1H3,(H,16,17)/t13-/m1/s1. The lowest BCUT2D eigenvalue weighted by atomic mass is 10.1. The molecule has 0 spiro atoms. The number of hydrogen-bond acceptors (Lipinski definition) is 3. The Bertz CT molecular complexity index is 362. The highest BCUT2D eigenvalue weighted by molar-refractivity contribution is 5.75. The molecule has 3 N–H and O–H groups in total. The first-order valence-corrected chi connectivity index (χ1v) is 6.36. The van der Waals surface area contributed by atoms with E-state index in [1.807, 2.05) is 0 Å². The van der Waals surface area contributed by atoms with Crippen molar-refractivity contribution < 1.29 is 14.6 Å². The average Bonchev–Trinajstić information content (AvgIpc) is 2.38. The predicted octanol–water partition coefficient (Wildman–Crippen LogP) is 2.73. The van der Waals surface area contributed by atoms with Crippen LogP contribution in [0.1, 0.15) is 44.2 Å². The number of benzene rings is 1. The van der Waals surface area contributed by atoms with Crippen LogP contribution in [-0.2, 0) is 4.79 Å². The van der Waals surface area contributed by atoms with Crippen LogP contribution in [0, 0.1) is 0 Å². The molecule has 0 aliphatic carbocycles. The molecule has 0 amide bonds. The van der Waals surface area contributed by atoms with Crippen LogP contribution in [0.15, 0.2) is 24.3 Å². The maximum Gasteiger partial charge on any atom is 0.325 e. The molecule has 0 saturated carbocycles. The lowest BCUT2D eigenvalue weighted by Gasteiger charge is -2.09. The van der Waals surface area contributed by atoms with E-state index >= 15 is 0 Å². The van der Waals surface area contributed by atoms with Gasteiger partial charge in [-0.2, -0.15) is 0 Å². The van der Waals surface area contributed by atoms with Crippen LogP contribution in [0.4, 0.5) is 0 Å². The number of aliphatic carboxylic acids is 1. The third kappa shape index (κ3) is 4.75. The SMILES string of the molecule is CCCCCCOc1ccc([C@@H](N)C(=O)O)cc1. The van der Waals surface area contributed by atoms with E-state index in [1.165, 1.54) is 19.3 Å². The molecular formula is C14H21NO3. The Hall–Kier alpha value is -1.55. The molecule has 0 bridgehead atoms. The minimum Gasteiger partial charge on any atom is -0.494 e. The van der Waals surface area contributed by atoms with Crippen LogP contribution in [0.5, 0.6) is 5.75 Å². The Balaban J connectivity index is 2.38. The second-order valence-electron chi connectivity index (χ2n) is 4.29. The highest BCUT2D eigenvalue weighted by atomic mass is 16.5. The third-order valence-corrected chi connectivity index (χ3v) is 2.77. The quantitative estimate of drug-likeness (QED) is 0.697. The summed E-state index contributed by atoms with van der Waals surface area (Å²) in [7, 11) is 0. The average molecular weight is 251 g/mol. The normalized spacial score (nSPS) is 12.1. The zero-order valence-corrected chi connectivity index (χ0v) is 10.8. The van der Waals surface area contributed by atoms with Gasteiger partial charge in [-0.15, -0.1) is 0 Å². The van der Waals surface area contributed by atoms with Gasteiger partial charge in [0.1, 0.15) is 11.8 Å². The van der Waals surface area contributed by atoms with Gasteiger partial charge >= 0.3 is 5.97 Å². The summed E-state index contributed by atoms with van der Waals surface area (Å²) in [4.78, 5) is 10.7. The molecule has 0 radical (unpaired) electrons. The van der Waals surface area contributed by atoms with Crippen molar-refractivity contribution in [3.05, 3.63) is 29.8 Å². The summed E-state index contributed by atoms with van der Waals surface area (Å²) in [5.74, 6) is -0.268. The molecule has 1 aromatic rings. The Morgan fingerprint density at radius 1 is 1.28 bits per heavy atom. The molecule has 4 nitrogen and oxygen atoms in total. The fourth-order valence-electron chi connectivity index (χ4n) is 1.63. The van der Waals surface area contributed by atoms with Crippen molar-refractivity contribution in [2.75, 3.05) is 6.61 Å². The molecule has 100 valence electrons. The van der Waals surface area contributed by atoms with E-state index in [0.717, 1.165) is 12.2 Å².